The molecule has 112 valence electrons. The van der Waals surface area contributed by atoms with Crippen LogP contribution in [0.1, 0.15) is 28.2 Å². The fourth-order valence-electron chi connectivity index (χ4n) is 1.57. The number of rotatable bonds is 8. The summed E-state index contributed by atoms with van der Waals surface area (Å²) in [5, 5.41) is 18.5. The summed E-state index contributed by atoms with van der Waals surface area (Å²) < 4.78 is 33.8. The molecule has 0 aromatic heterocycles. The summed E-state index contributed by atoms with van der Waals surface area (Å²) in [6, 6.07) is 0. The summed E-state index contributed by atoms with van der Waals surface area (Å²) in [5.41, 5.74) is 0. The zero-order valence-corrected chi connectivity index (χ0v) is 11.1. The van der Waals surface area contributed by atoms with Gasteiger partial charge in [-0.3, -0.25) is 9.45 Å². The molecule has 0 heterocycles. The predicted molar refractivity (Wildman–Crippen MR) is 68.6 cm³/mol. The van der Waals surface area contributed by atoms with Gasteiger partial charge in [0.25, 0.3) is 0 Å². The van der Waals surface area contributed by atoms with Crippen LogP contribution >= 0.6 is 0 Å². The Morgan fingerprint density at radius 2 is 1.44 bits per heavy atom. The van der Waals surface area contributed by atoms with E-state index < -0.39 is 28.7 Å². The molecular formula is C10H25NO6S. The molecule has 8 heteroatoms. The van der Waals surface area contributed by atoms with Crippen molar-refractivity contribution in [3.8, 4) is 0 Å². The molecule has 3 unspecified atom stereocenters. The SMILES string of the molecule is C.CC(O)CN(CC(C)O)CC(C)OS(=O)(=O)O. The number of aliphatic hydroxyl groups is 2. The van der Waals surface area contributed by atoms with Crippen LogP contribution in [0.3, 0.4) is 0 Å². The van der Waals surface area contributed by atoms with Gasteiger partial charge in [0, 0.05) is 19.6 Å². The molecule has 0 aromatic carbocycles. The van der Waals surface area contributed by atoms with E-state index in [2.05, 4.69) is 4.18 Å². The smallest absolute Gasteiger partial charge is 0.392 e. The third-order valence-electron chi connectivity index (χ3n) is 1.85. The lowest BCUT2D eigenvalue weighted by Crippen LogP contribution is -2.41. The molecule has 0 rings (SSSR count). The molecule has 0 radical (unpaired) electrons. The monoisotopic (exact) mass is 287 g/mol. The van der Waals surface area contributed by atoms with Crippen LogP contribution in [-0.2, 0) is 14.6 Å². The van der Waals surface area contributed by atoms with E-state index in [0.29, 0.717) is 0 Å². The summed E-state index contributed by atoms with van der Waals surface area (Å²) in [6.45, 7) is 5.39. The van der Waals surface area contributed by atoms with Gasteiger partial charge in [-0.2, -0.15) is 8.42 Å². The van der Waals surface area contributed by atoms with Crippen molar-refractivity contribution in [1.29, 1.82) is 0 Å². The molecule has 0 saturated heterocycles. The molecule has 0 fully saturated rings. The Balaban J connectivity index is 0. The number of hydrogen-bond acceptors (Lipinski definition) is 6. The maximum Gasteiger partial charge on any atom is 0.397 e. The fourth-order valence-corrected chi connectivity index (χ4v) is 2.05. The van der Waals surface area contributed by atoms with E-state index in [1.165, 1.54) is 6.92 Å². The molecule has 0 aliphatic carbocycles. The number of aliphatic hydroxyl groups excluding tert-OH is 2. The predicted octanol–water partition coefficient (Wildman–Crippen LogP) is -0.106. The van der Waals surface area contributed by atoms with Gasteiger partial charge >= 0.3 is 10.4 Å². The van der Waals surface area contributed by atoms with Crippen molar-refractivity contribution in [2.45, 2.75) is 46.5 Å². The summed E-state index contributed by atoms with van der Waals surface area (Å²) in [6.07, 6.45) is -1.97. The fraction of sp³-hybridized carbons (Fsp3) is 1.00. The number of hydrogen-bond donors (Lipinski definition) is 3. The Hall–Kier alpha value is -0.250. The highest BCUT2D eigenvalue weighted by Crippen LogP contribution is 2.03. The topological polar surface area (TPSA) is 107 Å². The van der Waals surface area contributed by atoms with Crippen LogP contribution in [0.25, 0.3) is 0 Å². The molecule has 0 saturated carbocycles. The van der Waals surface area contributed by atoms with Gasteiger partial charge in [-0.25, -0.2) is 4.18 Å². The lowest BCUT2D eigenvalue weighted by atomic mass is 10.2. The van der Waals surface area contributed by atoms with Crippen molar-refractivity contribution >= 4 is 10.4 Å². The second kappa shape index (κ2) is 8.78. The van der Waals surface area contributed by atoms with Gasteiger partial charge < -0.3 is 10.2 Å². The van der Waals surface area contributed by atoms with Crippen molar-refractivity contribution in [3.05, 3.63) is 0 Å². The summed E-state index contributed by atoms with van der Waals surface area (Å²) in [7, 11) is -4.48. The van der Waals surface area contributed by atoms with Crippen LogP contribution in [0.4, 0.5) is 0 Å². The molecule has 0 spiro atoms. The second-order valence-electron chi connectivity index (χ2n) is 4.25. The molecule has 0 aliphatic rings. The van der Waals surface area contributed by atoms with Gasteiger partial charge in [0.2, 0.25) is 0 Å². The zero-order valence-electron chi connectivity index (χ0n) is 10.3. The first kappa shape index (κ1) is 20.1. The van der Waals surface area contributed by atoms with E-state index in [1.54, 1.807) is 18.7 Å². The van der Waals surface area contributed by atoms with Crippen LogP contribution in [0.2, 0.25) is 0 Å². The Morgan fingerprint density at radius 1 is 1.06 bits per heavy atom. The molecule has 3 atom stereocenters. The summed E-state index contributed by atoms with van der Waals surface area (Å²) in [4.78, 5) is 1.66. The van der Waals surface area contributed by atoms with E-state index in [4.69, 9.17) is 4.55 Å². The van der Waals surface area contributed by atoms with Crippen LogP contribution in [-0.4, -0.2) is 66.0 Å². The van der Waals surface area contributed by atoms with E-state index in [9.17, 15) is 18.6 Å². The minimum Gasteiger partial charge on any atom is -0.392 e. The quantitative estimate of drug-likeness (QED) is 0.535. The Morgan fingerprint density at radius 3 is 1.72 bits per heavy atom. The first-order chi connectivity index (χ1) is 7.60. The van der Waals surface area contributed by atoms with Crippen LogP contribution in [0, 0.1) is 0 Å². The second-order valence-corrected chi connectivity index (χ2v) is 5.30. The lowest BCUT2D eigenvalue weighted by molar-refractivity contribution is 0.0580. The first-order valence-electron chi connectivity index (χ1n) is 5.34. The zero-order chi connectivity index (χ0) is 13.6. The van der Waals surface area contributed by atoms with Crippen molar-refractivity contribution < 1.29 is 27.4 Å². The minimum absolute atomic E-state index is 0. The van der Waals surface area contributed by atoms with Crippen LogP contribution in [0.15, 0.2) is 0 Å². The standard InChI is InChI=1S/C9H21NO6S.CH4/c1-7(11)4-10(5-8(2)12)6-9(3)16-17(13,14)15;/h7-9,11-12H,4-6H2,1-3H3,(H,13,14,15);1H4. The number of nitrogens with zero attached hydrogens (tertiary/aromatic N) is 1. The van der Waals surface area contributed by atoms with E-state index >= 15 is 0 Å². The van der Waals surface area contributed by atoms with Gasteiger partial charge in [0.05, 0.1) is 18.3 Å². The van der Waals surface area contributed by atoms with E-state index in [0.717, 1.165) is 0 Å². The highest BCUT2D eigenvalue weighted by atomic mass is 32.3. The van der Waals surface area contributed by atoms with Gasteiger partial charge in [0.1, 0.15) is 0 Å². The summed E-state index contributed by atoms with van der Waals surface area (Å²) >= 11 is 0. The normalized spacial score (nSPS) is 17.1. The minimum atomic E-state index is -4.48. The maximum atomic E-state index is 10.5. The van der Waals surface area contributed by atoms with Crippen molar-refractivity contribution in [3.63, 3.8) is 0 Å². The Bertz CT molecular complexity index is 293. The average Bonchev–Trinajstić information content (AvgIpc) is 1.95. The third-order valence-corrected chi connectivity index (χ3v) is 2.42. The molecule has 7 nitrogen and oxygen atoms in total. The Labute approximate surface area is 109 Å². The van der Waals surface area contributed by atoms with Gasteiger partial charge in [0.15, 0.2) is 0 Å². The molecule has 0 aromatic rings. The maximum absolute atomic E-state index is 10.5. The van der Waals surface area contributed by atoms with Gasteiger partial charge in [-0.05, 0) is 20.8 Å². The Kier molecular flexibility index (Phi) is 9.80. The summed E-state index contributed by atoms with van der Waals surface area (Å²) in [5.74, 6) is 0. The molecule has 0 aliphatic heterocycles. The third kappa shape index (κ3) is 12.2. The van der Waals surface area contributed by atoms with Crippen LogP contribution < -0.4 is 0 Å². The molecule has 18 heavy (non-hydrogen) atoms. The van der Waals surface area contributed by atoms with Gasteiger partial charge in [-0.15, -0.1) is 0 Å². The molecule has 0 amide bonds. The lowest BCUT2D eigenvalue weighted by Gasteiger charge is -2.27. The first-order valence-corrected chi connectivity index (χ1v) is 6.71. The average molecular weight is 287 g/mol. The highest BCUT2D eigenvalue weighted by Gasteiger charge is 2.18. The van der Waals surface area contributed by atoms with Crippen molar-refractivity contribution in [2.75, 3.05) is 19.6 Å². The van der Waals surface area contributed by atoms with Crippen molar-refractivity contribution in [2.24, 2.45) is 0 Å². The van der Waals surface area contributed by atoms with E-state index in [1.807, 2.05) is 0 Å². The van der Waals surface area contributed by atoms with Crippen molar-refractivity contribution in [1.82, 2.24) is 4.90 Å². The van der Waals surface area contributed by atoms with E-state index in [-0.39, 0.29) is 27.1 Å². The van der Waals surface area contributed by atoms with Gasteiger partial charge in [-0.1, -0.05) is 7.43 Å². The molecule has 0 bridgehead atoms. The highest BCUT2D eigenvalue weighted by molar-refractivity contribution is 7.80. The molecular weight excluding hydrogens is 262 g/mol. The largest absolute Gasteiger partial charge is 0.397 e. The molecule has 3 N–H and O–H groups in total. The van der Waals surface area contributed by atoms with Crippen LogP contribution in [0.5, 0.6) is 0 Å².